The Morgan fingerprint density at radius 3 is 2.08 bits per heavy atom. The number of hydrogen-bond acceptors (Lipinski definition) is 5. The lowest BCUT2D eigenvalue weighted by Gasteiger charge is -2.28. The molecule has 10 aromatic rings. The SMILES string of the molecule is c1ccc(-c2ccccc2N(c2ccc3oc4ccccc4c3c2)c2ccc3sc4cccc(-c5nc6ccccc6o5)c4c3c2)cc1. The van der Waals surface area contributed by atoms with Crippen LogP contribution in [0.3, 0.4) is 0 Å². The third-order valence-electron chi connectivity index (χ3n) is 9.11. The Labute approximate surface area is 279 Å². The molecular weight excluding hydrogens is 609 g/mol. The van der Waals surface area contributed by atoms with Gasteiger partial charge in [-0.1, -0.05) is 84.9 Å². The second-order valence-corrected chi connectivity index (χ2v) is 13.0. The Bertz CT molecular complexity index is 2780. The Kier molecular flexibility index (Phi) is 6.01. The van der Waals surface area contributed by atoms with E-state index in [0.717, 1.165) is 72.2 Å². The van der Waals surface area contributed by atoms with Gasteiger partial charge in [0.2, 0.25) is 5.89 Å². The highest BCUT2D eigenvalue weighted by Gasteiger charge is 2.21. The lowest BCUT2D eigenvalue weighted by atomic mass is 10.0. The monoisotopic (exact) mass is 634 g/mol. The van der Waals surface area contributed by atoms with Crippen molar-refractivity contribution in [1.29, 1.82) is 0 Å². The standard InChI is InChI=1S/C43H26N2O2S/c1-2-11-27(12-3-1)30-13-4-7-17-36(30)45(28-21-23-38-33(25-28)31-14-5-8-18-37(31)46-38)29-22-24-40-34(26-29)42-32(15-10-20-41(42)48-40)43-44-35-16-6-9-19-39(35)47-43/h1-26H. The van der Waals surface area contributed by atoms with Crippen molar-refractivity contribution >= 4 is 81.6 Å². The normalized spacial score (nSPS) is 11.8. The van der Waals surface area contributed by atoms with Gasteiger partial charge in [0.25, 0.3) is 0 Å². The van der Waals surface area contributed by atoms with Gasteiger partial charge < -0.3 is 13.7 Å². The molecule has 0 aliphatic rings. The van der Waals surface area contributed by atoms with Crippen molar-refractivity contribution in [3.05, 3.63) is 158 Å². The zero-order valence-electron chi connectivity index (χ0n) is 25.6. The maximum atomic E-state index is 6.30. The van der Waals surface area contributed by atoms with Gasteiger partial charge in [-0.3, -0.25) is 0 Å². The molecule has 0 amide bonds. The predicted molar refractivity (Wildman–Crippen MR) is 200 cm³/mol. The minimum Gasteiger partial charge on any atom is -0.456 e. The van der Waals surface area contributed by atoms with E-state index in [-0.39, 0.29) is 0 Å². The maximum Gasteiger partial charge on any atom is 0.227 e. The minimum absolute atomic E-state index is 0.635. The van der Waals surface area contributed by atoms with Crippen LogP contribution >= 0.6 is 11.3 Å². The maximum absolute atomic E-state index is 6.30. The topological polar surface area (TPSA) is 42.4 Å². The fourth-order valence-electron chi connectivity index (χ4n) is 6.93. The van der Waals surface area contributed by atoms with Crippen molar-refractivity contribution in [3.8, 4) is 22.6 Å². The fourth-order valence-corrected chi connectivity index (χ4v) is 8.04. The van der Waals surface area contributed by atoms with Gasteiger partial charge >= 0.3 is 0 Å². The number of benzene rings is 7. The summed E-state index contributed by atoms with van der Waals surface area (Å²) in [4.78, 5) is 7.25. The zero-order chi connectivity index (χ0) is 31.6. The van der Waals surface area contributed by atoms with E-state index in [1.54, 1.807) is 11.3 Å². The van der Waals surface area contributed by atoms with Crippen LogP contribution in [-0.2, 0) is 0 Å². The number of fused-ring (bicyclic) bond motifs is 7. The van der Waals surface area contributed by atoms with Gasteiger partial charge in [0.05, 0.1) is 5.69 Å². The molecule has 0 bridgehead atoms. The van der Waals surface area contributed by atoms with Gasteiger partial charge in [0.15, 0.2) is 5.58 Å². The number of nitrogens with zero attached hydrogens (tertiary/aromatic N) is 2. The van der Waals surface area contributed by atoms with Crippen LogP contribution in [0.1, 0.15) is 0 Å². The number of para-hydroxylation sites is 4. The van der Waals surface area contributed by atoms with E-state index in [9.17, 15) is 0 Å². The lowest BCUT2D eigenvalue weighted by Crippen LogP contribution is -2.11. The molecule has 0 unspecified atom stereocenters. The van der Waals surface area contributed by atoms with Crippen LogP contribution in [0.15, 0.2) is 167 Å². The molecule has 5 heteroatoms. The number of hydrogen-bond donors (Lipinski definition) is 0. The third-order valence-corrected chi connectivity index (χ3v) is 10.2. The van der Waals surface area contributed by atoms with Gasteiger partial charge in [-0.25, -0.2) is 4.98 Å². The predicted octanol–water partition coefficient (Wildman–Crippen LogP) is 12.9. The number of furan rings is 1. The molecule has 0 radical (unpaired) electrons. The average Bonchev–Trinajstić information content (AvgIpc) is 3.85. The number of thiophene rings is 1. The van der Waals surface area contributed by atoms with Crippen molar-refractivity contribution in [2.45, 2.75) is 0 Å². The molecular formula is C43H26N2O2S. The summed E-state index contributed by atoms with van der Waals surface area (Å²) in [5.41, 5.74) is 9.92. The van der Waals surface area contributed by atoms with Crippen LogP contribution in [0.2, 0.25) is 0 Å². The summed E-state index contributed by atoms with van der Waals surface area (Å²) >= 11 is 1.79. The number of rotatable bonds is 5. The molecule has 3 aromatic heterocycles. The van der Waals surface area contributed by atoms with E-state index in [0.29, 0.717) is 5.89 Å². The van der Waals surface area contributed by atoms with Crippen molar-refractivity contribution in [1.82, 2.24) is 4.98 Å². The van der Waals surface area contributed by atoms with E-state index in [4.69, 9.17) is 13.8 Å². The molecule has 0 spiro atoms. The fraction of sp³-hybridized carbons (Fsp3) is 0. The molecule has 4 nitrogen and oxygen atoms in total. The highest BCUT2D eigenvalue weighted by atomic mass is 32.1. The average molecular weight is 635 g/mol. The van der Waals surface area contributed by atoms with Crippen molar-refractivity contribution in [2.24, 2.45) is 0 Å². The molecule has 0 atom stereocenters. The summed E-state index contributed by atoms with van der Waals surface area (Å²) in [7, 11) is 0. The van der Waals surface area contributed by atoms with Gasteiger partial charge in [-0.05, 0) is 78.4 Å². The van der Waals surface area contributed by atoms with E-state index in [1.807, 2.05) is 36.4 Å². The van der Waals surface area contributed by atoms with Gasteiger partial charge in [-0.2, -0.15) is 0 Å². The summed E-state index contributed by atoms with van der Waals surface area (Å²) < 4.78 is 14.9. The van der Waals surface area contributed by atoms with E-state index in [2.05, 4.69) is 126 Å². The molecule has 3 heterocycles. The van der Waals surface area contributed by atoms with Crippen LogP contribution in [0.4, 0.5) is 17.1 Å². The van der Waals surface area contributed by atoms with Crippen molar-refractivity contribution < 1.29 is 8.83 Å². The Hall–Kier alpha value is -6.17. The van der Waals surface area contributed by atoms with E-state index in [1.165, 1.54) is 14.8 Å². The lowest BCUT2D eigenvalue weighted by molar-refractivity contribution is 0.620. The molecule has 0 fully saturated rings. The molecule has 10 rings (SSSR count). The van der Waals surface area contributed by atoms with Crippen molar-refractivity contribution in [3.63, 3.8) is 0 Å². The highest BCUT2D eigenvalue weighted by Crippen LogP contribution is 2.46. The first kappa shape index (κ1) is 27.0. The Morgan fingerprint density at radius 1 is 0.479 bits per heavy atom. The van der Waals surface area contributed by atoms with Crippen LogP contribution in [0.25, 0.3) is 75.8 Å². The zero-order valence-corrected chi connectivity index (χ0v) is 26.4. The molecule has 7 aromatic carbocycles. The van der Waals surface area contributed by atoms with Gasteiger partial charge in [0, 0.05) is 53.4 Å². The smallest absolute Gasteiger partial charge is 0.227 e. The first-order valence-electron chi connectivity index (χ1n) is 16.0. The van der Waals surface area contributed by atoms with E-state index < -0.39 is 0 Å². The minimum atomic E-state index is 0.635. The second kappa shape index (κ2) is 10.7. The molecule has 48 heavy (non-hydrogen) atoms. The summed E-state index contributed by atoms with van der Waals surface area (Å²) in [6.07, 6.45) is 0. The first-order chi connectivity index (χ1) is 23.8. The second-order valence-electron chi connectivity index (χ2n) is 11.9. The van der Waals surface area contributed by atoms with Crippen LogP contribution in [-0.4, -0.2) is 4.98 Å². The summed E-state index contributed by atoms with van der Waals surface area (Å²) in [5, 5.41) is 4.51. The summed E-state index contributed by atoms with van der Waals surface area (Å²) in [5.74, 6) is 0.635. The largest absolute Gasteiger partial charge is 0.456 e. The molecule has 0 saturated carbocycles. The molecule has 0 aliphatic carbocycles. The van der Waals surface area contributed by atoms with Gasteiger partial charge in [0.1, 0.15) is 16.7 Å². The first-order valence-corrected chi connectivity index (χ1v) is 16.8. The molecule has 0 saturated heterocycles. The quantitative estimate of drug-likeness (QED) is 0.189. The Balaban J connectivity index is 1.23. The molecule has 0 aliphatic heterocycles. The van der Waals surface area contributed by atoms with Crippen LogP contribution in [0, 0.1) is 0 Å². The number of oxazole rings is 1. The van der Waals surface area contributed by atoms with Gasteiger partial charge in [-0.15, -0.1) is 11.3 Å². The third kappa shape index (κ3) is 4.25. The van der Waals surface area contributed by atoms with E-state index >= 15 is 0 Å². The number of aromatic nitrogens is 1. The molecule has 226 valence electrons. The highest BCUT2D eigenvalue weighted by molar-refractivity contribution is 7.26. The summed E-state index contributed by atoms with van der Waals surface area (Å²) in [6, 6.07) is 55.1. The summed E-state index contributed by atoms with van der Waals surface area (Å²) in [6.45, 7) is 0. The van der Waals surface area contributed by atoms with Crippen molar-refractivity contribution in [2.75, 3.05) is 4.90 Å². The molecule has 0 N–H and O–H groups in total. The number of anilines is 3. The van der Waals surface area contributed by atoms with Crippen LogP contribution < -0.4 is 4.90 Å². The Morgan fingerprint density at radius 2 is 1.19 bits per heavy atom. The van der Waals surface area contributed by atoms with Crippen LogP contribution in [0.5, 0.6) is 0 Å².